The van der Waals surface area contributed by atoms with Gasteiger partial charge in [0.1, 0.15) is 0 Å². The molecule has 0 bridgehead atoms. The number of hydrogen-bond donors (Lipinski definition) is 2. The summed E-state index contributed by atoms with van der Waals surface area (Å²) in [5.41, 5.74) is 1.44. The second-order valence-electron chi connectivity index (χ2n) is 6.00. The highest BCUT2D eigenvalue weighted by Gasteiger charge is 2.43. The average molecular weight is 248 g/mol. The first kappa shape index (κ1) is 13.1. The predicted molar refractivity (Wildman–Crippen MR) is 69.6 cm³/mol. The third-order valence-corrected chi connectivity index (χ3v) is 3.95. The molecule has 1 aliphatic carbocycles. The zero-order chi connectivity index (χ0) is 13.4. The Morgan fingerprint density at radius 1 is 1.28 bits per heavy atom. The summed E-state index contributed by atoms with van der Waals surface area (Å²) in [6, 6.07) is 8.01. The molecule has 3 heteroatoms. The Labute approximate surface area is 107 Å². The van der Waals surface area contributed by atoms with E-state index >= 15 is 0 Å². The first-order valence-corrected chi connectivity index (χ1v) is 6.33. The van der Waals surface area contributed by atoms with E-state index in [9.17, 15) is 9.90 Å². The normalized spacial score (nSPS) is 17.5. The molecule has 18 heavy (non-hydrogen) atoms. The smallest absolute Gasteiger partial charge is 0.309 e. The summed E-state index contributed by atoms with van der Waals surface area (Å²) in [4.78, 5) is 11.1. The fourth-order valence-electron chi connectivity index (χ4n) is 2.25. The predicted octanol–water partition coefficient (Wildman–Crippen LogP) is 2.36. The number of benzene rings is 1. The van der Waals surface area contributed by atoms with E-state index in [1.807, 2.05) is 24.3 Å². The third-order valence-electron chi connectivity index (χ3n) is 3.95. The molecule has 0 unspecified atom stereocenters. The van der Waals surface area contributed by atoms with Gasteiger partial charge < -0.3 is 10.2 Å². The molecule has 2 rings (SSSR count). The van der Waals surface area contributed by atoms with Crippen LogP contribution in [0.3, 0.4) is 0 Å². The lowest BCUT2D eigenvalue weighted by Gasteiger charge is -2.19. The molecule has 98 valence electrons. The SMILES string of the molecule is CC(C)(Cc1ccc(C2(CO)CC2)cc1)C(=O)O. The molecule has 0 heterocycles. The third kappa shape index (κ3) is 2.41. The molecule has 1 aromatic carbocycles. The minimum atomic E-state index is -0.777. The van der Waals surface area contributed by atoms with Crippen molar-refractivity contribution in [2.45, 2.75) is 38.5 Å². The fraction of sp³-hybridized carbons (Fsp3) is 0.533. The van der Waals surface area contributed by atoms with Crippen LogP contribution in [0.25, 0.3) is 0 Å². The van der Waals surface area contributed by atoms with Gasteiger partial charge in [-0.1, -0.05) is 24.3 Å². The molecular formula is C15H20O3. The summed E-state index contributed by atoms with van der Waals surface area (Å²) >= 11 is 0. The molecule has 0 radical (unpaired) electrons. The van der Waals surface area contributed by atoms with Crippen LogP contribution in [-0.2, 0) is 16.6 Å². The molecule has 0 aromatic heterocycles. The Hall–Kier alpha value is -1.35. The van der Waals surface area contributed by atoms with E-state index in [0.717, 1.165) is 18.4 Å². The fourth-order valence-corrected chi connectivity index (χ4v) is 2.25. The van der Waals surface area contributed by atoms with Gasteiger partial charge in [0, 0.05) is 5.41 Å². The maximum absolute atomic E-state index is 11.1. The monoisotopic (exact) mass is 248 g/mol. The molecule has 0 atom stereocenters. The van der Waals surface area contributed by atoms with E-state index in [4.69, 9.17) is 5.11 Å². The van der Waals surface area contributed by atoms with E-state index < -0.39 is 11.4 Å². The zero-order valence-electron chi connectivity index (χ0n) is 10.9. The van der Waals surface area contributed by atoms with Crippen molar-refractivity contribution in [3.8, 4) is 0 Å². The number of aliphatic hydroxyl groups is 1. The Morgan fingerprint density at radius 2 is 1.83 bits per heavy atom. The Balaban J connectivity index is 2.11. The van der Waals surface area contributed by atoms with Crippen molar-refractivity contribution < 1.29 is 15.0 Å². The molecule has 0 amide bonds. The summed E-state index contributed by atoms with van der Waals surface area (Å²) < 4.78 is 0. The Bertz CT molecular complexity index is 441. The van der Waals surface area contributed by atoms with E-state index in [1.165, 1.54) is 5.56 Å². The van der Waals surface area contributed by atoms with Crippen molar-refractivity contribution in [2.24, 2.45) is 5.41 Å². The molecule has 1 aromatic rings. The van der Waals surface area contributed by atoms with Gasteiger partial charge in [-0.05, 0) is 44.2 Å². The van der Waals surface area contributed by atoms with Crippen LogP contribution < -0.4 is 0 Å². The molecule has 1 saturated carbocycles. The number of aliphatic carboxylic acids is 1. The van der Waals surface area contributed by atoms with Crippen LogP contribution in [0.5, 0.6) is 0 Å². The summed E-state index contributed by atoms with van der Waals surface area (Å²) in [6.07, 6.45) is 2.61. The first-order valence-electron chi connectivity index (χ1n) is 6.33. The topological polar surface area (TPSA) is 57.5 Å². The van der Waals surface area contributed by atoms with E-state index in [1.54, 1.807) is 13.8 Å². The molecule has 1 fully saturated rings. The second kappa shape index (κ2) is 4.39. The van der Waals surface area contributed by atoms with Gasteiger partial charge in [0.15, 0.2) is 0 Å². The van der Waals surface area contributed by atoms with Crippen molar-refractivity contribution in [1.29, 1.82) is 0 Å². The second-order valence-corrected chi connectivity index (χ2v) is 6.00. The van der Waals surface area contributed by atoms with E-state index in [2.05, 4.69) is 0 Å². The van der Waals surface area contributed by atoms with Gasteiger partial charge in [-0.15, -0.1) is 0 Å². The minimum absolute atomic E-state index is 0.0130. The van der Waals surface area contributed by atoms with Crippen LogP contribution in [0.1, 0.15) is 37.8 Å². The van der Waals surface area contributed by atoms with Crippen LogP contribution in [-0.4, -0.2) is 22.8 Å². The summed E-state index contributed by atoms with van der Waals surface area (Å²) in [7, 11) is 0. The van der Waals surface area contributed by atoms with Gasteiger partial charge in [-0.3, -0.25) is 4.79 Å². The summed E-state index contributed by atoms with van der Waals surface area (Å²) in [5, 5.41) is 18.5. The van der Waals surface area contributed by atoms with Gasteiger partial charge in [-0.2, -0.15) is 0 Å². The highest BCUT2D eigenvalue weighted by atomic mass is 16.4. The molecule has 3 nitrogen and oxygen atoms in total. The maximum Gasteiger partial charge on any atom is 0.309 e. The van der Waals surface area contributed by atoms with Crippen LogP contribution in [0.15, 0.2) is 24.3 Å². The number of carboxylic acids is 1. The van der Waals surface area contributed by atoms with Gasteiger partial charge in [0.25, 0.3) is 0 Å². The van der Waals surface area contributed by atoms with Gasteiger partial charge in [0.05, 0.1) is 12.0 Å². The zero-order valence-corrected chi connectivity index (χ0v) is 10.9. The van der Waals surface area contributed by atoms with Crippen LogP contribution >= 0.6 is 0 Å². The molecule has 1 aliphatic rings. The Morgan fingerprint density at radius 3 is 2.22 bits per heavy atom. The maximum atomic E-state index is 11.1. The molecule has 0 spiro atoms. The molecule has 2 N–H and O–H groups in total. The summed E-state index contributed by atoms with van der Waals surface area (Å²) in [6.45, 7) is 3.67. The van der Waals surface area contributed by atoms with Crippen LogP contribution in [0.2, 0.25) is 0 Å². The summed E-state index contributed by atoms with van der Waals surface area (Å²) in [5.74, 6) is -0.777. The van der Waals surface area contributed by atoms with Gasteiger partial charge in [0.2, 0.25) is 0 Å². The number of carbonyl (C=O) groups is 1. The van der Waals surface area contributed by atoms with Crippen LogP contribution in [0, 0.1) is 5.41 Å². The van der Waals surface area contributed by atoms with Crippen LogP contribution in [0.4, 0.5) is 0 Å². The van der Waals surface area contributed by atoms with Gasteiger partial charge in [-0.25, -0.2) is 0 Å². The molecular weight excluding hydrogens is 228 g/mol. The standard InChI is InChI=1S/C15H20O3/c1-14(2,13(17)18)9-11-3-5-12(6-4-11)15(10-16)7-8-15/h3-6,16H,7-10H2,1-2H3,(H,17,18). The van der Waals surface area contributed by atoms with E-state index in [0.29, 0.717) is 6.42 Å². The van der Waals surface area contributed by atoms with Gasteiger partial charge >= 0.3 is 5.97 Å². The highest BCUT2D eigenvalue weighted by molar-refractivity contribution is 5.74. The largest absolute Gasteiger partial charge is 0.481 e. The molecule has 0 aliphatic heterocycles. The van der Waals surface area contributed by atoms with Crippen molar-refractivity contribution >= 4 is 5.97 Å². The van der Waals surface area contributed by atoms with Crippen molar-refractivity contribution in [1.82, 2.24) is 0 Å². The number of aliphatic hydroxyl groups excluding tert-OH is 1. The quantitative estimate of drug-likeness (QED) is 0.841. The number of rotatable bonds is 5. The molecule has 0 saturated heterocycles. The van der Waals surface area contributed by atoms with Crippen molar-refractivity contribution in [3.63, 3.8) is 0 Å². The Kier molecular flexibility index (Phi) is 3.20. The first-order chi connectivity index (χ1) is 8.39. The highest BCUT2D eigenvalue weighted by Crippen LogP contribution is 2.47. The lowest BCUT2D eigenvalue weighted by molar-refractivity contribution is -0.146. The van der Waals surface area contributed by atoms with Crippen molar-refractivity contribution in [2.75, 3.05) is 6.61 Å². The average Bonchev–Trinajstić information content (AvgIpc) is 3.10. The lowest BCUT2D eigenvalue weighted by Crippen LogP contribution is -2.26. The lowest BCUT2D eigenvalue weighted by atomic mass is 9.85. The van der Waals surface area contributed by atoms with Crippen molar-refractivity contribution in [3.05, 3.63) is 35.4 Å². The van der Waals surface area contributed by atoms with E-state index in [-0.39, 0.29) is 12.0 Å². The number of hydrogen-bond acceptors (Lipinski definition) is 2. The minimum Gasteiger partial charge on any atom is -0.481 e. The number of carboxylic acid groups (broad SMARTS) is 1.